The van der Waals surface area contributed by atoms with Gasteiger partial charge in [0.25, 0.3) is 0 Å². The number of ether oxygens (including phenoxy) is 2. The first kappa shape index (κ1) is 14.7. The minimum Gasteiger partial charge on any atom is -0.497 e. The van der Waals surface area contributed by atoms with E-state index in [0.717, 1.165) is 29.9 Å². The Balaban J connectivity index is 2.18. The Bertz CT molecular complexity index is 472. The number of hydrogen-bond acceptors (Lipinski definition) is 4. The number of nitrogens with zero attached hydrogens (tertiary/aromatic N) is 1. The van der Waals surface area contributed by atoms with E-state index in [1.165, 1.54) is 0 Å². The summed E-state index contributed by atoms with van der Waals surface area (Å²) >= 11 is 0. The Kier molecular flexibility index (Phi) is 4.84. The maximum absolute atomic E-state index is 12.2. The first-order valence-corrected chi connectivity index (χ1v) is 6.84. The number of amides is 1. The van der Waals surface area contributed by atoms with Crippen molar-refractivity contribution in [3.05, 3.63) is 23.8 Å². The van der Waals surface area contributed by atoms with Crippen LogP contribution >= 0.6 is 0 Å². The van der Waals surface area contributed by atoms with Gasteiger partial charge in [0, 0.05) is 18.2 Å². The SMILES string of the molecule is CNCC(=O)N(Cc1cc(OC)ccc1OC)C1CC1. The highest BCUT2D eigenvalue weighted by Crippen LogP contribution is 2.31. The van der Waals surface area contributed by atoms with E-state index < -0.39 is 0 Å². The lowest BCUT2D eigenvalue weighted by atomic mass is 10.1. The summed E-state index contributed by atoms with van der Waals surface area (Å²) in [6.45, 7) is 0.925. The summed E-state index contributed by atoms with van der Waals surface area (Å²) in [6, 6.07) is 6.04. The molecular formula is C15H22N2O3. The van der Waals surface area contributed by atoms with Gasteiger partial charge in [-0.25, -0.2) is 0 Å². The van der Waals surface area contributed by atoms with Crippen molar-refractivity contribution in [2.75, 3.05) is 27.8 Å². The van der Waals surface area contributed by atoms with E-state index in [0.29, 0.717) is 19.1 Å². The van der Waals surface area contributed by atoms with Gasteiger partial charge in [0.15, 0.2) is 0 Å². The fraction of sp³-hybridized carbons (Fsp3) is 0.533. The second-order valence-electron chi connectivity index (χ2n) is 4.96. The van der Waals surface area contributed by atoms with Crippen LogP contribution in [0.5, 0.6) is 11.5 Å². The third kappa shape index (κ3) is 3.42. The van der Waals surface area contributed by atoms with Crippen LogP contribution in [0, 0.1) is 0 Å². The fourth-order valence-corrected chi connectivity index (χ4v) is 2.25. The van der Waals surface area contributed by atoms with Crippen LogP contribution in [0.1, 0.15) is 18.4 Å². The van der Waals surface area contributed by atoms with E-state index in [1.54, 1.807) is 21.3 Å². The van der Waals surface area contributed by atoms with Crippen molar-refractivity contribution in [1.29, 1.82) is 0 Å². The molecule has 0 atom stereocenters. The summed E-state index contributed by atoms with van der Waals surface area (Å²) in [5.74, 6) is 1.69. The standard InChI is InChI=1S/C15H22N2O3/c1-16-9-15(18)17(12-4-5-12)10-11-8-13(19-2)6-7-14(11)20-3/h6-8,12,16H,4-5,9-10H2,1-3H3. The summed E-state index contributed by atoms with van der Waals surface area (Å²) in [6.07, 6.45) is 2.17. The van der Waals surface area contributed by atoms with E-state index in [9.17, 15) is 4.79 Å². The van der Waals surface area contributed by atoms with Crippen molar-refractivity contribution in [1.82, 2.24) is 10.2 Å². The molecule has 1 N–H and O–H groups in total. The largest absolute Gasteiger partial charge is 0.497 e. The molecule has 0 bridgehead atoms. The highest BCUT2D eigenvalue weighted by Gasteiger charge is 2.32. The maximum Gasteiger partial charge on any atom is 0.237 e. The normalized spacial score (nSPS) is 13.9. The first-order valence-electron chi connectivity index (χ1n) is 6.84. The Morgan fingerprint density at radius 3 is 2.65 bits per heavy atom. The van der Waals surface area contributed by atoms with Crippen LogP contribution in [-0.2, 0) is 11.3 Å². The lowest BCUT2D eigenvalue weighted by molar-refractivity contribution is -0.131. The minimum atomic E-state index is 0.125. The molecule has 1 fully saturated rings. The van der Waals surface area contributed by atoms with Gasteiger partial charge in [0.1, 0.15) is 11.5 Å². The average molecular weight is 278 g/mol. The number of carbonyl (C=O) groups is 1. The van der Waals surface area contributed by atoms with Crippen LogP contribution in [0.15, 0.2) is 18.2 Å². The number of hydrogen-bond donors (Lipinski definition) is 1. The zero-order valence-electron chi connectivity index (χ0n) is 12.3. The second kappa shape index (κ2) is 6.61. The molecule has 110 valence electrons. The van der Waals surface area contributed by atoms with Gasteiger partial charge in [-0.1, -0.05) is 0 Å². The molecule has 0 aliphatic heterocycles. The predicted molar refractivity (Wildman–Crippen MR) is 77.0 cm³/mol. The third-order valence-electron chi connectivity index (χ3n) is 3.46. The van der Waals surface area contributed by atoms with Crippen molar-refractivity contribution >= 4 is 5.91 Å². The van der Waals surface area contributed by atoms with Gasteiger partial charge in [-0.2, -0.15) is 0 Å². The van der Waals surface area contributed by atoms with Gasteiger partial charge in [-0.05, 0) is 38.1 Å². The molecule has 1 saturated carbocycles. The van der Waals surface area contributed by atoms with Crippen molar-refractivity contribution in [3.8, 4) is 11.5 Å². The molecule has 0 heterocycles. The molecule has 1 aromatic rings. The molecule has 5 nitrogen and oxygen atoms in total. The molecule has 0 saturated heterocycles. The molecule has 1 amide bonds. The Hall–Kier alpha value is -1.75. The van der Waals surface area contributed by atoms with E-state index in [4.69, 9.17) is 9.47 Å². The molecule has 0 radical (unpaired) electrons. The van der Waals surface area contributed by atoms with Crippen LogP contribution < -0.4 is 14.8 Å². The third-order valence-corrected chi connectivity index (χ3v) is 3.46. The van der Waals surface area contributed by atoms with Crippen LogP contribution in [0.2, 0.25) is 0 Å². The zero-order valence-corrected chi connectivity index (χ0v) is 12.3. The second-order valence-corrected chi connectivity index (χ2v) is 4.96. The topological polar surface area (TPSA) is 50.8 Å². The molecule has 0 spiro atoms. The van der Waals surface area contributed by atoms with Crippen LogP contribution in [0.25, 0.3) is 0 Å². The Morgan fingerprint density at radius 2 is 2.10 bits per heavy atom. The number of rotatable bonds is 7. The molecule has 1 aliphatic carbocycles. The van der Waals surface area contributed by atoms with Crippen molar-refractivity contribution in [2.24, 2.45) is 0 Å². The number of carbonyl (C=O) groups excluding carboxylic acids is 1. The summed E-state index contributed by atoms with van der Waals surface area (Å²) < 4.78 is 10.6. The highest BCUT2D eigenvalue weighted by atomic mass is 16.5. The average Bonchev–Trinajstić information content (AvgIpc) is 3.29. The monoisotopic (exact) mass is 278 g/mol. The molecule has 1 aromatic carbocycles. The van der Waals surface area contributed by atoms with E-state index in [-0.39, 0.29) is 5.91 Å². The number of benzene rings is 1. The minimum absolute atomic E-state index is 0.125. The lowest BCUT2D eigenvalue weighted by Crippen LogP contribution is -2.38. The van der Waals surface area contributed by atoms with E-state index >= 15 is 0 Å². The molecule has 20 heavy (non-hydrogen) atoms. The zero-order chi connectivity index (χ0) is 14.5. The predicted octanol–water partition coefficient (Wildman–Crippen LogP) is 1.41. The van der Waals surface area contributed by atoms with Crippen LogP contribution in [0.4, 0.5) is 0 Å². The smallest absolute Gasteiger partial charge is 0.237 e. The molecule has 0 unspecified atom stereocenters. The number of methoxy groups -OCH3 is 2. The van der Waals surface area contributed by atoms with Crippen molar-refractivity contribution < 1.29 is 14.3 Å². The van der Waals surface area contributed by atoms with E-state index in [1.807, 2.05) is 23.1 Å². The summed E-state index contributed by atoms with van der Waals surface area (Å²) in [7, 11) is 5.06. The first-order chi connectivity index (χ1) is 9.69. The Labute approximate surface area is 119 Å². The number of nitrogens with one attached hydrogen (secondary N) is 1. The van der Waals surface area contributed by atoms with Gasteiger partial charge in [-0.15, -0.1) is 0 Å². The van der Waals surface area contributed by atoms with Crippen molar-refractivity contribution in [2.45, 2.75) is 25.4 Å². The highest BCUT2D eigenvalue weighted by molar-refractivity contribution is 5.79. The molecular weight excluding hydrogens is 256 g/mol. The van der Waals surface area contributed by atoms with E-state index in [2.05, 4.69) is 5.32 Å². The van der Waals surface area contributed by atoms with Crippen molar-refractivity contribution in [3.63, 3.8) is 0 Å². The van der Waals surface area contributed by atoms with Gasteiger partial charge in [-0.3, -0.25) is 4.79 Å². The molecule has 1 aliphatic rings. The summed E-state index contributed by atoms with van der Waals surface area (Å²) in [4.78, 5) is 14.1. The lowest BCUT2D eigenvalue weighted by Gasteiger charge is -2.23. The van der Waals surface area contributed by atoms with Crippen LogP contribution in [0.3, 0.4) is 0 Å². The quantitative estimate of drug-likeness (QED) is 0.819. The van der Waals surface area contributed by atoms with Gasteiger partial charge in [0.2, 0.25) is 5.91 Å². The molecule has 5 heteroatoms. The Morgan fingerprint density at radius 1 is 1.35 bits per heavy atom. The molecule has 2 rings (SSSR count). The molecule has 0 aromatic heterocycles. The van der Waals surface area contributed by atoms with Gasteiger partial charge >= 0.3 is 0 Å². The van der Waals surface area contributed by atoms with Gasteiger partial charge in [0.05, 0.1) is 20.8 Å². The summed E-state index contributed by atoms with van der Waals surface area (Å²) in [5, 5.41) is 2.92. The number of likely N-dealkylation sites (N-methyl/N-ethyl adjacent to an activating group) is 1. The van der Waals surface area contributed by atoms with Gasteiger partial charge < -0.3 is 19.7 Å². The summed E-state index contributed by atoms with van der Waals surface area (Å²) in [5.41, 5.74) is 0.975. The maximum atomic E-state index is 12.2. The fourth-order valence-electron chi connectivity index (χ4n) is 2.25. The van der Waals surface area contributed by atoms with Crippen LogP contribution in [-0.4, -0.2) is 44.7 Å².